The number of amides is 1. The van der Waals surface area contributed by atoms with E-state index >= 15 is 0 Å². The standard InChI is InChI=1S/C21H19F3N4O3.C6H13NO/c1-28-11-13(10-25-28)26-20(29)17-3-2-14(22)19(27-17)18-15(23)8-12(9-16(18)24)21(30)4-6-31-7-5-21;7-6-2-1-4-8-5-3-6/h2-3,8-11,30H,4-7H2,1H3,(H,26,29);6H,1-5,7H2. The molecule has 1 atom stereocenters. The van der Waals surface area contributed by atoms with Gasteiger partial charge in [-0.15, -0.1) is 0 Å². The van der Waals surface area contributed by atoms with Crippen LogP contribution in [0.15, 0.2) is 36.7 Å². The van der Waals surface area contributed by atoms with Crippen LogP contribution in [0.25, 0.3) is 11.3 Å². The van der Waals surface area contributed by atoms with Crippen molar-refractivity contribution in [2.24, 2.45) is 12.8 Å². The van der Waals surface area contributed by atoms with Gasteiger partial charge in [0.15, 0.2) is 0 Å². The number of aryl methyl sites for hydroxylation is 1. The highest BCUT2D eigenvalue weighted by Crippen LogP contribution is 2.36. The van der Waals surface area contributed by atoms with E-state index in [0.29, 0.717) is 11.7 Å². The Kier molecular flexibility index (Phi) is 9.33. The number of carbonyl (C=O) groups is 1. The Bertz CT molecular complexity index is 1270. The van der Waals surface area contributed by atoms with E-state index < -0.39 is 40.2 Å². The average molecular weight is 548 g/mol. The molecule has 0 aliphatic carbocycles. The lowest BCUT2D eigenvalue weighted by molar-refractivity contribution is -0.0682. The van der Waals surface area contributed by atoms with Crippen molar-refractivity contribution in [1.29, 1.82) is 0 Å². The largest absolute Gasteiger partial charge is 0.385 e. The number of anilines is 1. The predicted molar refractivity (Wildman–Crippen MR) is 137 cm³/mol. The molecule has 210 valence electrons. The number of nitrogens with two attached hydrogens (primary N) is 1. The maximum absolute atomic E-state index is 14.9. The summed E-state index contributed by atoms with van der Waals surface area (Å²) in [6.07, 6.45) is 6.63. The highest BCUT2D eigenvalue weighted by Gasteiger charge is 2.34. The van der Waals surface area contributed by atoms with Gasteiger partial charge in [0.2, 0.25) is 0 Å². The van der Waals surface area contributed by atoms with Crippen LogP contribution in [0, 0.1) is 17.5 Å². The third-order valence-corrected chi connectivity index (χ3v) is 6.67. The van der Waals surface area contributed by atoms with Crippen molar-refractivity contribution in [3.63, 3.8) is 0 Å². The summed E-state index contributed by atoms with van der Waals surface area (Å²) in [4.78, 5) is 16.3. The molecule has 2 aliphatic rings. The number of aliphatic hydroxyl groups is 1. The first-order valence-corrected chi connectivity index (χ1v) is 12.8. The van der Waals surface area contributed by atoms with Gasteiger partial charge in [0.1, 0.15) is 28.8 Å². The van der Waals surface area contributed by atoms with Gasteiger partial charge in [-0.3, -0.25) is 9.48 Å². The lowest BCUT2D eigenvalue weighted by Gasteiger charge is -2.32. The molecule has 1 aromatic carbocycles. The number of benzene rings is 1. The lowest BCUT2D eigenvalue weighted by Crippen LogP contribution is -2.33. The van der Waals surface area contributed by atoms with E-state index in [-0.39, 0.29) is 37.3 Å². The second-order valence-corrected chi connectivity index (χ2v) is 9.65. The van der Waals surface area contributed by atoms with Gasteiger partial charge >= 0.3 is 0 Å². The molecule has 5 rings (SSSR count). The van der Waals surface area contributed by atoms with Crippen LogP contribution in [0.2, 0.25) is 0 Å². The SMILES string of the molecule is Cn1cc(NC(=O)c2ccc(F)c(-c3c(F)cc(C4(O)CCOCC4)cc3F)n2)cn1.NC1CCCOCC1. The number of nitrogens with one attached hydrogen (secondary N) is 1. The molecule has 0 saturated carbocycles. The van der Waals surface area contributed by atoms with E-state index in [1.165, 1.54) is 10.9 Å². The Morgan fingerprint density at radius 3 is 2.44 bits per heavy atom. The molecule has 1 unspecified atom stereocenters. The number of halogens is 3. The summed E-state index contributed by atoms with van der Waals surface area (Å²) in [5.41, 5.74) is 3.06. The van der Waals surface area contributed by atoms with Crippen LogP contribution < -0.4 is 11.1 Å². The van der Waals surface area contributed by atoms with Gasteiger partial charge in [-0.25, -0.2) is 18.2 Å². The number of rotatable bonds is 4. The number of aromatic nitrogens is 3. The molecule has 4 heterocycles. The number of hydrogen-bond acceptors (Lipinski definition) is 7. The number of hydrogen-bond donors (Lipinski definition) is 3. The summed E-state index contributed by atoms with van der Waals surface area (Å²) in [7, 11) is 1.66. The predicted octanol–water partition coefficient (Wildman–Crippen LogP) is 3.66. The second kappa shape index (κ2) is 12.7. The fourth-order valence-corrected chi connectivity index (χ4v) is 4.42. The van der Waals surface area contributed by atoms with Crippen LogP contribution in [-0.4, -0.2) is 58.2 Å². The lowest BCUT2D eigenvalue weighted by atomic mass is 9.85. The molecule has 2 aromatic heterocycles. The molecule has 0 spiro atoms. The summed E-state index contributed by atoms with van der Waals surface area (Å²) >= 11 is 0. The van der Waals surface area contributed by atoms with E-state index in [1.54, 1.807) is 13.2 Å². The highest BCUT2D eigenvalue weighted by molar-refractivity contribution is 6.03. The summed E-state index contributed by atoms with van der Waals surface area (Å²) in [6, 6.07) is 4.36. The molecule has 1 amide bonds. The van der Waals surface area contributed by atoms with Crippen molar-refractivity contribution < 1.29 is 32.5 Å². The second-order valence-electron chi connectivity index (χ2n) is 9.65. The number of pyridine rings is 1. The van der Waals surface area contributed by atoms with Crippen LogP contribution in [0.3, 0.4) is 0 Å². The van der Waals surface area contributed by atoms with E-state index in [2.05, 4.69) is 15.4 Å². The van der Waals surface area contributed by atoms with Crippen molar-refractivity contribution in [2.45, 2.75) is 43.7 Å². The minimum atomic E-state index is -1.43. The first-order valence-electron chi connectivity index (χ1n) is 12.8. The Hall–Kier alpha value is -3.32. The Morgan fingerprint density at radius 1 is 1.08 bits per heavy atom. The smallest absolute Gasteiger partial charge is 0.274 e. The zero-order valence-electron chi connectivity index (χ0n) is 21.6. The molecular formula is C27H32F3N5O4. The quantitative estimate of drug-likeness (QED) is 0.455. The first kappa shape index (κ1) is 28.7. The summed E-state index contributed by atoms with van der Waals surface area (Å²) in [6.45, 7) is 2.28. The fraction of sp³-hybridized carbons (Fsp3) is 0.444. The van der Waals surface area contributed by atoms with Gasteiger partial charge < -0.3 is 25.6 Å². The summed E-state index contributed by atoms with van der Waals surface area (Å²) in [5.74, 6) is -3.87. The van der Waals surface area contributed by atoms with Crippen LogP contribution in [-0.2, 0) is 22.1 Å². The van der Waals surface area contributed by atoms with E-state index in [0.717, 1.165) is 56.7 Å². The zero-order valence-corrected chi connectivity index (χ0v) is 21.6. The van der Waals surface area contributed by atoms with Gasteiger partial charge in [-0.2, -0.15) is 5.10 Å². The van der Waals surface area contributed by atoms with Crippen LogP contribution in [0.4, 0.5) is 18.9 Å². The normalized spacial score (nSPS) is 19.0. The Balaban J connectivity index is 0.000000379. The van der Waals surface area contributed by atoms with Crippen molar-refractivity contribution in [3.8, 4) is 11.3 Å². The van der Waals surface area contributed by atoms with E-state index in [9.17, 15) is 23.1 Å². The first-order chi connectivity index (χ1) is 18.7. The van der Waals surface area contributed by atoms with Gasteiger partial charge in [-0.1, -0.05) is 0 Å². The summed E-state index contributed by atoms with van der Waals surface area (Å²) < 4.78 is 56.0. The average Bonchev–Trinajstić information content (AvgIpc) is 3.15. The maximum Gasteiger partial charge on any atom is 0.274 e. The maximum atomic E-state index is 14.9. The molecule has 2 fully saturated rings. The third kappa shape index (κ3) is 7.21. The number of nitrogens with zero attached hydrogens (tertiary/aromatic N) is 3. The fourth-order valence-electron chi connectivity index (χ4n) is 4.42. The van der Waals surface area contributed by atoms with Crippen molar-refractivity contribution >= 4 is 11.6 Å². The van der Waals surface area contributed by atoms with Crippen molar-refractivity contribution in [2.75, 3.05) is 31.7 Å². The molecule has 2 aliphatic heterocycles. The van der Waals surface area contributed by atoms with Gasteiger partial charge in [0.05, 0.1) is 23.0 Å². The molecule has 0 bridgehead atoms. The van der Waals surface area contributed by atoms with Gasteiger partial charge in [-0.05, 0) is 49.1 Å². The van der Waals surface area contributed by atoms with Crippen LogP contribution in [0.5, 0.6) is 0 Å². The molecule has 0 radical (unpaired) electrons. The molecule has 4 N–H and O–H groups in total. The monoisotopic (exact) mass is 547 g/mol. The van der Waals surface area contributed by atoms with Crippen molar-refractivity contribution in [1.82, 2.24) is 14.8 Å². The molecule has 39 heavy (non-hydrogen) atoms. The number of ether oxygens (including phenoxy) is 2. The topological polar surface area (TPSA) is 125 Å². The molecular weight excluding hydrogens is 515 g/mol. The van der Waals surface area contributed by atoms with Crippen LogP contribution in [0.1, 0.15) is 48.2 Å². The molecule has 9 nitrogen and oxygen atoms in total. The third-order valence-electron chi connectivity index (χ3n) is 6.67. The van der Waals surface area contributed by atoms with E-state index in [4.69, 9.17) is 15.2 Å². The van der Waals surface area contributed by atoms with Crippen LogP contribution >= 0.6 is 0 Å². The molecule has 2 saturated heterocycles. The molecule has 12 heteroatoms. The minimum Gasteiger partial charge on any atom is -0.385 e. The Labute approximate surface area is 224 Å². The Morgan fingerprint density at radius 2 is 1.77 bits per heavy atom. The van der Waals surface area contributed by atoms with Crippen molar-refractivity contribution in [3.05, 3.63) is 65.4 Å². The molecule has 3 aromatic rings. The highest BCUT2D eigenvalue weighted by atomic mass is 19.1. The minimum absolute atomic E-state index is 0.0421. The summed E-state index contributed by atoms with van der Waals surface area (Å²) in [5, 5.41) is 17.1. The van der Waals surface area contributed by atoms with E-state index in [1.807, 2.05) is 0 Å². The number of carbonyl (C=O) groups excluding carboxylic acids is 1. The van der Waals surface area contributed by atoms with Gasteiger partial charge in [0.25, 0.3) is 5.91 Å². The van der Waals surface area contributed by atoms with Gasteiger partial charge in [0, 0.05) is 58.6 Å². The zero-order chi connectivity index (χ0) is 28.0.